The predicted octanol–water partition coefficient (Wildman–Crippen LogP) is 8.70. The summed E-state index contributed by atoms with van der Waals surface area (Å²) in [6.07, 6.45) is 12.2. The lowest BCUT2D eigenvalue weighted by atomic mass is 9.32. The summed E-state index contributed by atoms with van der Waals surface area (Å²) in [5, 5.41) is 13.9. The second-order valence-corrected chi connectivity index (χ2v) is 16.6. The van der Waals surface area contributed by atoms with Crippen LogP contribution in [0.5, 0.6) is 0 Å². The number of anilines is 1. The average molecular weight is 534 g/mol. The van der Waals surface area contributed by atoms with Crippen LogP contribution >= 0.6 is 11.3 Å². The highest BCUT2D eigenvalue weighted by atomic mass is 32.1. The van der Waals surface area contributed by atoms with Crippen LogP contribution < -0.4 is 5.73 Å². The van der Waals surface area contributed by atoms with Crippen LogP contribution in [-0.2, 0) is 0 Å². The van der Waals surface area contributed by atoms with Crippen LogP contribution in [0.4, 0.5) is 5.00 Å². The number of fused-ring (bicyclic) bond motifs is 7. The molecule has 5 aliphatic carbocycles. The van der Waals surface area contributed by atoms with Gasteiger partial charge < -0.3 is 10.8 Å². The quantitative estimate of drug-likeness (QED) is 0.280. The maximum absolute atomic E-state index is 11.0. The topological polar surface area (TPSA) is 46.2 Å². The molecule has 0 spiro atoms. The fraction of sp³-hybridized carbons (Fsp3) is 0.771. The number of allylic oxidation sites excluding steroid dienone is 1. The lowest BCUT2D eigenvalue weighted by Crippen LogP contribution is -2.66. The van der Waals surface area contributed by atoms with E-state index < -0.39 is 0 Å². The first-order valence-electron chi connectivity index (χ1n) is 15.5. The lowest BCUT2D eigenvalue weighted by Gasteiger charge is -2.72. The molecule has 3 heteroatoms. The van der Waals surface area contributed by atoms with E-state index in [1.165, 1.54) is 63.4 Å². The molecule has 0 radical (unpaired) electrons. The summed E-state index contributed by atoms with van der Waals surface area (Å²) in [4.78, 5) is 0. The number of hydrogen-bond acceptors (Lipinski definition) is 3. The molecule has 5 fully saturated rings. The third-order valence-electron chi connectivity index (χ3n) is 14.2. The van der Waals surface area contributed by atoms with E-state index in [0.717, 1.165) is 22.9 Å². The molecule has 10 atom stereocenters. The first-order chi connectivity index (χ1) is 17.8. The standard InChI is InChI=1S/C35H51NOS/c1-22(2)24-11-18-35(17-10-23-14-21-38-30(23)36)20-19-33(6)25(29(24)35)8-9-27-32(5)15-13-28(37)31(3,4)26(32)12-16-34(27,33)7/h14,21,24-29,37H,1,8-9,11-13,15-16,18-20,36H2,2-7H3/t24-,25?,26?,27?,28-,29?,32-,33+,34+,35+/m0/s1. The molecule has 3 N–H and O–H groups in total. The van der Waals surface area contributed by atoms with E-state index in [1.807, 2.05) is 0 Å². The molecule has 38 heavy (non-hydrogen) atoms. The van der Waals surface area contributed by atoms with Gasteiger partial charge >= 0.3 is 0 Å². The Bertz CT molecular complexity index is 1190. The molecule has 1 aromatic rings. The molecule has 5 aliphatic rings. The average Bonchev–Trinajstić information content (AvgIpc) is 3.44. The third kappa shape index (κ3) is 3.41. The number of nitrogen functional groups attached to an aromatic ring is 1. The number of rotatable bonds is 1. The first kappa shape index (κ1) is 27.0. The van der Waals surface area contributed by atoms with E-state index >= 15 is 0 Å². The van der Waals surface area contributed by atoms with Crippen LogP contribution in [0.15, 0.2) is 23.6 Å². The van der Waals surface area contributed by atoms with Crippen LogP contribution in [0.25, 0.3) is 0 Å². The summed E-state index contributed by atoms with van der Waals surface area (Å²) in [7, 11) is 0. The Morgan fingerprint density at radius 1 is 0.947 bits per heavy atom. The van der Waals surface area contributed by atoms with Gasteiger partial charge in [-0.2, -0.15) is 0 Å². The maximum atomic E-state index is 11.0. The summed E-state index contributed by atoms with van der Waals surface area (Å²) in [6.45, 7) is 19.6. The summed E-state index contributed by atoms with van der Waals surface area (Å²) >= 11 is 1.60. The van der Waals surface area contributed by atoms with Gasteiger partial charge in [0.15, 0.2) is 0 Å². The third-order valence-corrected chi connectivity index (χ3v) is 14.9. The Morgan fingerprint density at radius 3 is 2.39 bits per heavy atom. The molecule has 208 valence electrons. The number of aliphatic hydroxyl groups is 1. The van der Waals surface area contributed by atoms with Crippen molar-refractivity contribution in [1.82, 2.24) is 0 Å². The largest absolute Gasteiger partial charge is 0.393 e. The predicted molar refractivity (Wildman–Crippen MR) is 161 cm³/mol. The summed E-state index contributed by atoms with van der Waals surface area (Å²) in [5.74, 6) is 10.8. The molecular formula is C35H51NOS. The Balaban J connectivity index is 1.40. The van der Waals surface area contributed by atoms with Crippen molar-refractivity contribution in [2.45, 2.75) is 112 Å². The van der Waals surface area contributed by atoms with E-state index in [4.69, 9.17) is 5.73 Å². The van der Waals surface area contributed by atoms with E-state index in [1.54, 1.807) is 11.3 Å². The first-order valence-corrected chi connectivity index (χ1v) is 16.4. The maximum Gasteiger partial charge on any atom is 0.102 e. The van der Waals surface area contributed by atoms with E-state index in [9.17, 15) is 5.11 Å². The van der Waals surface area contributed by atoms with Gasteiger partial charge in [0.2, 0.25) is 0 Å². The van der Waals surface area contributed by atoms with Gasteiger partial charge in [0, 0.05) is 5.41 Å². The van der Waals surface area contributed by atoms with Crippen molar-refractivity contribution in [3.05, 3.63) is 29.2 Å². The minimum absolute atomic E-state index is 0.0173. The van der Waals surface area contributed by atoms with Gasteiger partial charge in [0.25, 0.3) is 0 Å². The zero-order chi connectivity index (χ0) is 27.3. The van der Waals surface area contributed by atoms with E-state index in [-0.39, 0.29) is 16.9 Å². The second kappa shape index (κ2) is 8.63. The van der Waals surface area contributed by atoms with Crippen LogP contribution in [0.1, 0.15) is 111 Å². The summed E-state index contributed by atoms with van der Waals surface area (Å²) in [5.41, 5.74) is 9.80. The van der Waals surface area contributed by atoms with Gasteiger partial charge in [0.05, 0.1) is 11.7 Å². The Labute approximate surface area is 236 Å². The zero-order valence-corrected chi connectivity index (χ0v) is 25.6. The fourth-order valence-corrected chi connectivity index (χ4v) is 12.6. The molecule has 0 saturated heterocycles. The normalized spacial score (nSPS) is 49.0. The minimum atomic E-state index is -0.155. The van der Waals surface area contributed by atoms with Crippen molar-refractivity contribution in [3.63, 3.8) is 0 Å². The van der Waals surface area contributed by atoms with Crippen molar-refractivity contribution in [3.8, 4) is 11.8 Å². The number of hydrogen-bond donors (Lipinski definition) is 2. The summed E-state index contributed by atoms with van der Waals surface area (Å²) in [6, 6.07) is 2.10. The number of aliphatic hydroxyl groups excluding tert-OH is 1. The van der Waals surface area contributed by atoms with E-state index in [0.29, 0.717) is 39.9 Å². The van der Waals surface area contributed by atoms with Gasteiger partial charge in [-0.3, -0.25) is 0 Å². The molecule has 0 amide bonds. The van der Waals surface area contributed by atoms with Gasteiger partial charge in [-0.15, -0.1) is 11.3 Å². The van der Waals surface area contributed by atoms with Crippen LogP contribution in [0.3, 0.4) is 0 Å². The Morgan fingerprint density at radius 2 is 1.71 bits per heavy atom. The molecule has 1 heterocycles. The highest BCUT2D eigenvalue weighted by molar-refractivity contribution is 7.14. The number of thiophene rings is 1. The van der Waals surface area contributed by atoms with Crippen molar-refractivity contribution < 1.29 is 5.11 Å². The second-order valence-electron chi connectivity index (χ2n) is 15.7. The molecule has 0 aliphatic heterocycles. The van der Waals surface area contributed by atoms with Crippen molar-refractivity contribution in [2.24, 2.45) is 56.7 Å². The van der Waals surface area contributed by atoms with Crippen LogP contribution in [0.2, 0.25) is 0 Å². The Hall–Kier alpha value is -1.24. The van der Waals surface area contributed by atoms with Crippen molar-refractivity contribution >= 4 is 16.3 Å². The smallest absolute Gasteiger partial charge is 0.102 e. The van der Waals surface area contributed by atoms with Gasteiger partial charge in [-0.1, -0.05) is 58.6 Å². The highest BCUT2D eigenvalue weighted by Crippen LogP contribution is 2.77. The lowest BCUT2D eigenvalue weighted by molar-refractivity contribution is -0.244. The van der Waals surface area contributed by atoms with Crippen LogP contribution in [-0.4, -0.2) is 11.2 Å². The molecule has 6 rings (SSSR count). The fourth-order valence-electron chi connectivity index (χ4n) is 12.0. The number of nitrogens with two attached hydrogens (primary N) is 1. The van der Waals surface area contributed by atoms with Gasteiger partial charge in [-0.05, 0) is 134 Å². The molecule has 0 bridgehead atoms. The monoisotopic (exact) mass is 533 g/mol. The molecule has 1 aromatic heterocycles. The molecule has 5 saturated carbocycles. The molecule has 2 nitrogen and oxygen atoms in total. The molecule has 4 unspecified atom stereocenters. The van der Waals surface area contributed by atoms with Crippen LogP contribution in [0, 0.1) is 68.5 Å². The van der Waals surface area contributed by atoms with Crippen molar-refractivity contribution in [2.75, 3.05) is 5.73 Å². The SMILES string of the molecule is C=C(C)[C@@H]1CC[C@]2(C#Cc3ccsc3N)CC[C@]3(C)C(CCC4[C@@]5(C)CC[C@H](O)C(C)(C)C5CC[C@]43C)C12. The van der Waals surface area contributed by atoms with Gasteiger partial charge in [0.1, 0.15) is 5.00 Å². The summed E-state index contributed by atoms with van der Waals surface area (Å²) < 4.78 is 0. The van der Waals surface area contributed by atoms with Crippen molar-refractivity contribution in [1.29, 1.82) is 0 Å². The Kier molecular flexibility index (Phi) is 6.12. The van der Waals surface area contributed by atoms with Gasteiger partial charge in [-0.25, -0.2) is 0 Å². The molecular weight excluding hydrogens is 482 g/mol. The zero-order valence-electron chi connectivity index (χ0n) is 24.8. The highest BCUT2D eigenvalue weighted by Gasteiger charge is 2.70. The molecule has 0 aromatic carbocycles. The minimum Gasteiger partial charge on any atom is -0.393 e. The van der Waals surface area contributed by atoms with E-state index in [2.05, 4.69) is 71.4 Å².